The maximum Gasteiger partial charge on any atom is 0.392 e. The summed E-state index contributed by atoms with van der Waals surface area (Å²) >= 11 is 3.41. The highest BCUT2D eigenvalue weighted by Crippen LogP contribution is 2.40. The Bertz CT molecular complexity index is 642. The van der Waals surface area contributed by atoms with Gasteiger partial charge in [-0.2, -0.15) is 13.2 Å². The summed E-state index contributed by atoms with van der Waals surface area (Å²) in [5.74, 6) is -1.21. The van der Waals surface area contributed by atoms with Crippen LogP contribution in [0.4, 0.5) is 13.2 Å². The molecule has 102 valence electrons. The van der Waals surface area contributed by atoms with Crippen molar-refractivity contribution in [1.82, 2.24) is 4.98 Å². The van der Waals surface area contributed by atoms with Crippen molar-refractivity contribution in [2.24, 2.45) is 5.92 Å². The van der Waals surface area contributed by atoms with Gasteiger partial charge in [0, 0.05) is 21.1 Å². The predicted octanol–water partition coefficient (Wildman–Crippen LogP) is 4.91. The van der Waals surface area contributed by atoms with Crippen molar-refractivity contribution in [1.29, 1.82) is 0 Å². The molecule has 0 aliphatic heterocycles. The fraction of sp³-hybridized carbons (Fsp3) is 0.429. The van der Waals surface area contributed by atoms with Crippen LogP contribution in [0.1, 0.15) is 23.2 Å². The molecule has 0 saturated heterocycles. The molecule has 1 aliphatic rings. The van der Waals surface area contributed by atoms with Gasteiger partial charge < -0.3 is 4.98 Å². The normalized spacial score (nSPS) is 19.7. The van der Waals surface area contributed by atoms with E-state index >= 15 is 0 Å². The summed E-state index contributed by atoms with van der Waals surface area (Å²) in [4.78, 5) is 3.30. The first-order chi connectivity index (χ1) is 8.86. The van der Waals surface area contributed by atoms with E-state index in [0.717, 1.165) is 32.2 Å². The lowest BCUT2D eigenvalue weighted by Crippen LogP contribution is -2.28. The Labute approximate surface area is 117 Å². The molecule has 2 aromatic rings. The Morgan fingerprint density at radius 2 is 2.05 bits per heavy atom. The van der Waals surface area contributed by atoms with E-state index in [2.05, 4.69) is 20.9 Å². The number of hydrogen-bond acceptors (Lipinski definition) is 0. The highest BCUT2D eigenvalue weighted by molar-refractivity contribution is 9.10. The first kappa shape index (κ1) is 13.0. The Morgan fingerprint density at radius 3 is 2.74 bits per heavy atom. The average Bonchev–Trinajstić information content (AvgIpc) is 2.66. The molecule has 1 atom stereocenters. The zero-order valence-electron chi connectivity index (χ0n) is 10.4. The Morgan fingerprint density at radius 1 is 1.32 bits per heavy atom. The number of fused-ring (bicyclic) bond motifs is 3. The van der Waals surface area contributed by atoms with Crippen LogP contribution in [-0.4, -0.2) is 11.2 Å². The molecule has 1 aromatic carbocycles. The average molecular weight is 332 g/mol. The molecular weight excluding hydrogens is 319 g/mol. The standard InChI is InChI=1S/C14H13BrF3N/c1-7-4-9(15)6-11-10-5-8(14(16,17)18)2-3-12(10)19-13(7)11/h4,6,8,19H,2-3,5H2,1H3. The Hall–Kier alpha value is -0.970. The molecule has 3 rings (SSSR count). The molecule has 1 nitrogen and oxygen atoms in total. The second-order valence-electron chi connectivity index (χ2n) is 5.21. The molecule has 0 saturated carbocycles. The molecule has 19 heavy (non-hydrogen) atoms. The van der Waals surface area contributed by atoms with E-state index in [9.17, 15) is 13.2 Å². The van der Waals surface area contributed by atoms with Crippen molar-refractivity contribution in [3.05, 3.63) is 33.4 Å². The van der Waals surface area contributed by atoms with Crippen molar-refractivity contribution in [3.63, 3.8) is 0 Å². The Balaban J connectivity index is 2.13. The highest BCUT2D eigenvalue weighted by atomic mass is 79.9. The zero-order valence-corrected chi connectivity index (χ0v) is 12.0. The highest BCUT2D eigenvalue weighted by Gasteiger charge is 2.41. The van der Waals surface area contributed by atoms with E-state index in [0.29, 0.717) is 6.42 Å². The first-order valence-corrected chi connectivity index (χ1v) is 7.02. The van der Waals surface area contributed by atoms with Gasteiger partial charge in [-0.05, 0) is 49.4 Å². The monoisotopic (exact) mass is 331 g/mol. The number of hydrogen-bond donors (Lipinski definition) is 1. The third kappa shape index (κ3) is 2.18. The van der Waals surface area contributed by atoms with Crippen molar-refractivity contribution in [2.45, 2.75) is 32.4 Å². The van der Waals surface area contributed by atoms with Crippen molar-refractivity contribution < 1.29 is 13.2 Å². The molecule has 1 aliphatic carbocycles. The van der Waals surface area contributed by atoms with Crippen LogP contribution in [0, 0.1) is 12.8 Å². The molecular formula is C14H13BrF3N. The van der Waals surface area contributed by atoms with Crippen LogP contribution >= 0.6 is 15.9 Å². The first-order valence-electron chi connectivity index (χ1n) is 6.22. The fourth-order valence-corrected chi connectivity index (χ4v) is 3.50. The van der Waals surface area contributed by atoms with E-state index in [1.807, 2.05) is 19.1 Å². The van der Waals surface area contributed by atoms with Crippen LogP contribution in [0.3, 0.4) is 0 Å². The Kier molecular flexibility index (Phi) is 2.93. The lowest BCUT2D eigenvalue weighted by Gasteiger charge is -2.24. The number of aromatic amines is 1. The second-order valence-corrected chi connectivity index (χ2v) is 6.12. The van der Waals surface area contributed by atoms with Gasteiger partial charge in [-0.1, -0.05) is 15.9 Å². The summed E-state index contributed by atoms with van der Waals surface area (Å²) in [6.07, 6.45) is -3.34. The number of aromatic nitrogens is 1. The van der Waals surface area contributed by atoms with Crippen molar-refractivity contribution in [2.75, 3.05) is 0 Å². The molecule has 1 unspecified atom stereocenters. The van der Waals surface area contributed by atoms with E-state index in [1.54, 1.807) is 0 Å². The molecule has 1 heterocycles. The molecule has 5 heteroatoms. The quantitative estimate of drug-likeness (QED) is 0.706. The number of benzene rings is 1. The molecule has 0 amide bonds. The van der Waals surface area contributed by atoms with Gasteiger partial charge >= 0.3 is 6.18 Å². The van der Waals surface area contributed by atoms with E-state index in [-0.39, 0.29) is 12.8 Å². The number of H-pyrrole nitrogens is 1. The topological polar surface area (TPSA) is 15.8 Å². The minimum absolute atomic E-state index is 0.0920. The summed E-state index contributed by atoms with van der Waals surface area (Å²) in [5, 5.41) is 0.927. The predicted molar refractivity (Wildman–Crippen MR) is 72.3 cm³/mol. The van der Waals surface area contributed by atoms with Crippen LogP contribution in [0.2, 0.25) is 0 Å². The minimum atomic E-state index is -4.09. The van der Waals surface area contributed by atoms with Gasteiger partial charge in [-0.3, -0.25) is 0 Å². The summed E-state index contributed by atoms with van der Waals surface area (Å²) < 4.78 is 39.6. The summed E-state index contributed by atoms with van der Waals surface area (Å²) in [6, 6.07) is 3.89. The van der Waals surface area contributed by atoms with Crippen LogP contribution in [0.25, 0.3) is 10.9 Å². The van der Waals surface area contributed by atoms with Gasteiger partial charge in [-0.25, -0.2) is 0 Å². The van der Waals surface area contributed by atoms with E-state index in [1.165, 1.54) is 0 Å². The van der Waals surface area contributed by atoms with Crippen molar-refractivity contribution in [3.8, 4) is 0 Å². The zero-order chi connectivity index (χ0) is 13.8. The number of rotatable bonds is 0. The smallest absolute Gasteiger partial charge is 0.358 e. The van der Waals surface area contributed by atoms with Crippen molar-refractivity contribution >= 4 is 26.8 Å². The van der Waals surface area contributed by atoms with Crippen LogP contribution in [-0.2, 0) is 12.8 Å². The number of alkyl halides is 3. The molecule has 0 spiro atoms. The van der Waals surface area contributed by atoms with Gasteiger partial charge in [0.05, 0.1) is 5.92 Å². The van der Waals surface area contributed by atoms with E-state index in [4.69, 9.17) is 0 Å². The number of halogens is 4. The van der Waals surface area contributed by atoms with E-state index < -0.39 is 12.1 Å². The van der Waals surface area contributed by atoms with Crippen LogP contribution < -0.4 is 0 Å². The summed E-state index contributed by atoms with van der Waals surface area (Å²) in [6.45, 7) is 1.97. The third-order valence-electron chi connectivity index (χ3n) is 3.92. The third-order valence-corrected chi connectivity index (χ3v) is 4.38. The molecule has 0 fully saturated rings. The second kappa shape index (κ2) is 4.27. The number of nitrogens with one attached hydrogen (secondary N) is 1. The maximum absolute atomic E-state index is 12.9. The maximum atomic E-state index is 12.9. The lowest BCUT2D eigenvalue weighted by molar-refractivity contribution is -0.177. The van der Waals surface area contributed by atoms with Crippen LogP contribution in [0.5, 0.6) is 0 Å². The minimum Gasteiger partial charge on any atom is -0.358 e. The van der Waals surface area contributed by atoms with Crippen LogP contribution in [0.15, 0.2) is 16.6 Å². The lowest BCUT2D eigenvalue weighted by atomic mass is 9.86. The fourth-order valence-electron chi connectivity index (χ4n) is 2.93. The summed E-state index contributed by atoms with van der Waals surface area (Å²) in [7, 11) is 0. The summed E-state index contributed by atoms with van der Waals surface area (Å²) in [5.41, 5.74) is 3.84. The SMILES string of the molecule is Cc1cc(Br)cc2c3c([nH]c12)CCC(C(F)(F)F)C3. The van der Waals surface area contributed by atoms with Gasteiger partial charge in [0.1, 0.15) is 0 Å². The molecule has 0 bridgehead atoms. The molecule has 1 aromatic heterocycles. The van der Waals surface area contributed by atoms with Gasteiger partial charge in [-0.15, -0.1) is 0 Å². The number of aryl methyl sites for hydroxylation is 2. The van der Waals surface area contributed by atoms with Gasteiger partial charge in [0.25, 0.3) is 0 Å². The molecule has 0 radical (unpaired) electrons. The molecule has 1 N–H and O–H groups in total. The largest absolute Gasteiger partial charge is 0.392 e. The van der Waals surface area contributed by atoms with Gasteiger partial charge in [0.2, 0.25) is 0 Å². The van der Waals surface area contributed by atoms with Gasteiger partial charge in [0.15, 0.2) is 0 Å².